The van der Waals surface area contributed by atoms with Crippen molar-refractivity contribution in [3.05, 3.63) is 53.6 Å². The minimum absolute atomic E-state index is 0.0145. The van der Waals surface area contributed by atoms with Crippen molar-refractivity contribution in [3.8, 4) is 0 Å². The number of aliphatic hydroxyl groups excluding tert-OH is 1. The van der Waals surface area contributed by atoms with Crippen molar-refractivity contribution < 1.29 is 62.6 Å². The third kappa shape index (κ3) is 13.1. The molecule has 368 valence electrons. The van der Waals surface area contributed by atoms with Crippen LogP contribution in [0.2, 0.25) is 0 Å². The van der Waals surface area contributed by atoms with E-state index >= 15 is 0 Å². The zero-order chi connectivity index (χ0) is 48.3. The number of hydrogen-bond acceptors (Lipinski definition) is 14. The third-order valence-corrected chi connectivity index (χ3v) is 14.2. The van der Waals surface area contributed by atoms with Gasteiger partial charge in [0.15, 0.2) is 0 Å². The van der Waals surface area contributed by atoms with Crippen LogP contribution in [0.15, 0.2) is 53.6 Å². The molecule has 3 aliphatic heterocycles. The van der Waals surface area contributed by atoms with Crippen LogP contribution in [-0.2, 0) is 47.6 Å². The zero-order valence-electron chi connectivity index (χ0n) is 40.4. The molecule has 2 saturated heterocycles. The first-order valence-electron chi connectivity index (χ1n) is 23.8. The number of amides is 2. The Balaban J connectivity index is 1.44. The maximum Gasteiger partial charge on any atom is 0.426 e. The molecule has 1 saturated carbocycles. The Hall–Kier alpha value is -4.19. The van der Waals surface area contributed by atoms with E-state index in [9.17, 15) is 34.2 Å². The molecule has 5 rings (SSSR count). The van der Waals surface area contributed by atoms with Gasteiger partial charge in [-0.1, -0.05) is 63.6 Å². The Morgan fingerprint density at radius 2 is 1.59 bits per heavy atom. The van der Waals surface area contributed by atoms with Crippen LogP contribution in [0.4, 0.5) is 10.5 Å². The number of aliphatic hydroxyl groups is 2. The molecule has 0 spiro atoms. The topological polar surface area (TPSA) is 208 Å². The molecule has 14 atom stereocenters. The third-order valence-electron chi connectivity index (χ3n) is 14.2. The fraction of sp³-hybridized carbons (Fsp3) is 0.700. The van der Waals surface area contributed by atoms with Gasteiger partial charge in [-0.25, -0.2) is 15.0 Å². The van der Waals surface area contributed by atoms with Gasteiger partial charge in [-0.05, 0) is 108 Å². The number of hydrazine groups is 1. The van der Waals surface area contributed by atoms with Crippen LogP contribution < -0.4 is 10.9 Å². The number of anilines is 1. The van der Waals surface area contributed by atoms with E-state index in [4.69, 9.17) is 28.4 Å². The molecule has 2 bridgehead atoms. The minimum Gasteiger partial charge on any atom is -0.456 e. The van der Waals surface area contributed by atoms with E-state index in [0.717, 1.165) is 5.57 Å². The first kappa shape index (κ1) is 52.8. The van der Waals surface area contributed by atoms with Crippen LogP contribution in [0.5, 0.6) is 0 Å². The lowest BCUT2D eigenvalue weighted by atomic mass is 9.81. The van der Waals surface area contributed by atoms with Crippen molar-refractivity contribution in [3.63, 3.8) is 0 Å². The average molecular weight is 926 g/mol. The lowest BCUT2D eigenvalue weighted by Gasteiger charge is -2.47. The molecule has 2 amide bonds. The maximum atomic E-state index is 14.5. The van der Waals surface area contributed by atoms with Crippen molar-refractivity contribution in [2.24, 2.45) is 29.6 Å². The van der Waals surface area contributed by atoms with Crippen LogP contribution >= 0.6 is 0 Å². The predicted octanol–water partition coefficient (Wildman–Crippen LogP) is 6.23. The molecule has 3 heterocycles. The van der Waals surface area contributed by atoms with Crippen LogP contribution in [0.25, 0.3) is 0 Å². The summed E-state index contributed by atoms with van der Waals surface area (Å²) < 4.78 is 35.9. The number of para-hydroxylation sites is 1. The molecule has 16 nitrogen and oxygen atoms in total. The number of piperidine rings is 1. The summed E-state index contributed by atoms with van der Waals surface area (Å²) >= 11 is 0. The number of benzene rings is 1. The monoisotopic (exact) mass is 926 g/mol. The number of fused-ring (bicyclic) bond motifs is 3. The summed E-state index contributed by atoms with van der Waals surface area (Å²) in [7, 11) is 4.61. The van der Waals surface area contributed by atoms with Gasteiger partial charge in [0.05, 0.1) is 30.1 Å². The molecular formula is C50H75N3O13. The SMILES string of the molecule is CCC1/C=C(\C)CC(C)CC(OC)C2O[C@@](O)(C(=O)C(=O)N3CCCCC3C(=O)OC(/C(C)=C/C3CCC(OC(=O)NNc4ccccc4)C(OC)C3)C(C)C(O)CC1=O)C(C)CC2OC. The van der Waals surface area contributed by atoms with Crippen molar-refractivity contribution in [1.82, 2.24) is 10.3 Å². The Morgan fingerprint density at radius 3 is 2.26 bits per heavy atom. The largest absolute Gasteiger partial charge is 0.456 e. The summed E-state index contributed by atoms with van der Waals surface area (Å²) in [5.74, 6) is -7.85. The number of rotatable bonds is 9. The number of allylic oxidation sites excluding steroid dienone is 3. The fourth-order valence-electron chi connectivity index (χ4n) is 10.3. The number of esters is 1. The first-order valence-corrected chi connectivity index (χ1v) is 23.8. The molecule has 13 unspecified atom stereocenters. The molecule has 1 aliphatic carbocycles. The van der Waals surface area contributed by atoms with E-state index < -0.39 is 96.1 Å². The van der Waals surface area contributed by atoms with Gasteiger partial charge in [-0.15, -0.1) is 0 Å². The molecule has 4 aliphatic rings. The second kappa shape index (κ2) is 24.2. The smallest absolute Gasteiger partial charge is 0.426 e. The molecule has 16 heteroatoms. The molecule has 66 heavy (non-hydrogen) atoms. The summed E-state index contributed by atoms with van der Waals surface area (Å²) in [6, 6.07) is 7.97. The number of methoxy groups -OCH3 is 3. The van der Waals surface area contributed by atoms with Crippen molar-refractivity contribution >= 4 is 35.2 Å². The standard InChI is InChI=1S/C50H75N3O13/c1-10-35-23-29(2)22-30(3)24-42(62-8)45-43(63-9)26-32(5)50(60,66-45)46(56)47(57)53-21-15-14-18-37(53)48(58)65-44(33(6)38(54)28-39(35)55)31(4)25-34-19-20-40(41(27-34)61-7)64-49(59)52-51-36-16-12-11-13-17-36/h11-13,16-17,23,25,30,32-35,37-38,40-45,51,54,60H,10,14-15,18-22,24,26-28H2,1-9H3,(H,52,59)/b29-23+,31-25+/t30?,32?,33?,34?,35?,37?,38?,40?,41?,42?,43?,44?,45?,50-/m1/s1. The van der Waals surface area contributed by atoms with Gasteiger partial charge in [-0.3, -0.25) is 19.8 Å². The highest BCUT2D eigenvalue weighted by Crippen LogP contribution is 2.39. The van der Waals surface area contributed by atoms with Gasteiger partial charge in [0.1, 0.15) is 30.1 Å². The van der Waals surface area contributed by atoms with Gasteiger partial charge in [-0.2, -0.15) is 0 Å². The van der Waals surface area contributed by atoms with Gasteiger partial charge in [0, 0.05) is 52.0 Å². The second-order valence-corrected chi connectivity index (χ2v) is 19.1. The fourth-order valence-corrected chi connectivity index (χ4v) is 10.3. The molecule has 3 fully saturated rings. The molecule has 4 N–H and O–H groups in total. The van der Waals surface area contributed by atoms with E-state index in [-0.39, 0.29) is 43.4 Å². The lowest BCUT2D eigenvalue weighted by Crippen LogP contribution is -2.64. The van der Waals surface area contributed by atoms with Gasteiger partial charge in [0.2, 0.25) is 5.79 Å². The summed E-state index contributed by atoms with van der Waals surface area (Å²) in [5, 5.41) is 23.9. The van der Waals surface area contributed by atoms with Gasteiger partial charge >= 0.3 is 12.1 Å². The van der Waals surface area contributed by atoms with Crippen LogP contribution in [0.3, 0.4) is 0 Å². The maximum absolute atomic E-state index is 14.5. The zero-order valence-corrected chi connectivity index (χ0v) is 40.4. The minimum atomic E-state index is -2.53. The summed E-state index contributed by atoms with van der Waals surface area (Å²) in [4.78, 5) is 71.1. The summed E-state index contributed by atoms with van der Waals surface area (Å²) in [6.45, 7) is 11.2. The number of ketones is 2. The van der Waals surface area contributed by atoms with Crippen molar-refractivity contribution in [2.45, 2.75) is 167 Å². The average Bonchev–Trinajstić information content (AvgIpc) is 3.31. The van der Waals surface area contributed by atoms with E-state index in [2.05, 4.69) is 10.9 Å². The Morgan fingerprint density at radius 1 is 0.909 bits per heavy atom. The highest BCUT2D eigenvalue weighted by Gasteiger charge is 2.56. The number of hydrogen-bond donors (Lipinski definition) is 4. The van der Waals surface area contributed by atoms with Crippen LogP contribution in [0, 0.1) is 29.6 Å². The number of nitrogens with one attached hydrogen (secondary N) is 2. The number of Topliss-reactive ketones (excluding diaryl/α,β-unsaturated/α-hetero) is 2. The first-order chi connectivity index (χ1) is 31.4. The van der Waals surface area contributed by atoms with Crippen molar-refractivity contribution in [2.75, 3.05) is 33.3 Å². The number of carbonyl (C=O) groups is 5. The number of ether oxygens (including phenoxy) is 6. The summed E-state index contributed by atoms with van der Waals surface area (Å²) in [5.41, 5.74) is 7.68. The van der Waals surface area contributed by atoms with Crippen molar-refractivity contribution in [1.29, 1.82) is 0 Å². The van der Waals surface area contributed by atoms with Gasteiger partial charge in [0.25, 0.3) is 11.7 Å². The van der Waals surface area contributed by atoms with Crippen LogP contribution in [0.1, 0.15) is 112 Å². The lowest BCUT2D eigenvalue weighted by molar-refractivity contribution is -0.302. The van der Waals surface area contributed by atoms with E-state index in [1.165, 1.54) is 19.1 Å². The van der Waals surface area contributed by atoms with E-state index in [1.54, 1.807) is 40.0 Å². The molecule has 1 aromatic rings. The number of carbonyl (C=O) groups excluding carboxylic acids is 5. The van der Waals surface area contributed by atoms with Gasteiger partial charge < -0.3 is 43.5 Å². The Kier molecular flexibility index (Phi) is 19.4. The Bertz CT molecular complexity index is 1880. The van der Waals surface area contributed by atoms with E-state index in [0.29, 0.717) is 62.6 Å². The number of cyclic esters (lactones) is 1. The highest BCUT2D eigenvalue weighted by molar-refractivity contribution is 6.39. The predicted molar refractivity (Wildman–Crippen MR) is 246 cm³/mol. The normalized spacial score (nSPS) is 36.8. The highest BCUT2D eigenvalue weighted by atomic mass is 16.7. The molecule has 1 aromatic carbocycles. The Labute approximate surface area is 390 Å². The number of nitrogens with zero attached hydrogens (tertiary/aromatic N) is 1. The molecule has 0 aromatic heterocycles. The van der Waals surface area contributed by atoms with Crippen LogP contribution in [-0.4, -0.2) is 127 Å². The molecule has 0 radical (unpaired) electrons. The molecular weight excluding hydrogens is 851 g/mol. The van der Waals surface area contributed by atoms with E-state index in [1.807, 2.05) is 51.1 Å². The second-order valence-electron chi connectivity index (χ2n) is 19.1. The quantitative estimate of drug-likeness (QED) is 0.0937. The summed E-state index contributed by atoms with van der Waals surface area (Å²) in [6.07, 6.45) is 2.42.